The number of benzene rings is 2. The maximum atomic E-state index is 13.0. The van der Waals surface area contributed by atoms with Crippen LogP contribution in [-0.4, -0.2) is 30.1 Å². The Balaban J connectivity index is 1.63. The smallest absolute Gasteiger partial charge is 0.325 e. The highest BCUT2D eigenvalue weighted by atomic mass is 16.5. The minimum absolute atomic E-state index is 0.242. The Labute approximate surface area is 151 Å². The molecule has 0 aromatic heterocycles. The van der Waals surface area contributed by atoms with Gasteiger partial charge in [-0.15, -0.1) is 0 Å². The van der Waals surface area contributed by atoms with Gasteiger partial charge in [0, 0.05) is 6.42 Å². The first-order valence-corrected chi connectivity index (χ1v) is 8.66. The number of fused-ring (bicyclic) bond motifs is 1. The molecule has 0 saturated carbocycles. The number of ether oxygens (including phenoxy) is 2. The van der Waals surface area contributed by atoms with E-state index in [9.17, 15) is 9.59 Å². The Kier molecular flexibility index (Phi) is 4.03. The lowest BCUT2D eigenvalue weighted by Gasteiger charge is -2.23. The molecule has 6 heteroatoms. The van der Waals surface area contributed by atoms with E-state index < -0.39 is 11.6 Å². The van der Waals surface area contributed by atoms with Gasteiger partial charge in [0.15, 0.2) is 11.5 Å². The van der Waals surface area contributed by atoms with Gasteiger partial charge in [0.05, 0.1) is 19.8 Å². The van der Waals surface area contributed by atoms with Gasteiger partial charge in [-0.25, -0.2) is 4.79 Å². The number of nitrogens with zero attached hydrogens (tertiary/aromatic N) is 1. The summed E-state index contributed by atoms with van der Waals surface area (Å²) in [5, 5.41) is 2.83. The Bertz CT molecular complexity index is 852. The van der Waals surface area contributed by atoms with E-state index in [2.05, 4.69) is 5.32 Å². The Morgan fingerprint density at radius 2 is 1.77 bits per heavy atom. The fourth-order valence-corrected chi connectivity index (χ4v) is 3.28. The first-order chi connectivity index (χ1) is 12.6. The van der Waals surface area contributed by atoms with Crippen LogP contribution >= 0.6 is 0 Å². The third-order valence-corrected chi connectivity index (χ3v) is 4.78. The van der Waals surface area contributed by atoms with Crippen molar-refractivity contribution in [2.24, 2.45) is 0 Å². The molecule has 2 aliphatic heterocycles. The highest BCUT2D eigenvalue weighted by Crippen LogP contribution is 2.36. The number of amides is 3. The number of rotatable bonds is 3. The molecule has 1 N–H and O–H groups in total. The third kappa shape index (κ3) is 2.77. The summed E-state index contributed by atoms with van der Waals surface area (Å²) in [7, 11) is 0. The molecule has 1 fully saturated rings. The number of nitrogens with one attached hydrogen (secondary N) is 1. The van der Waals surface area contributed by atoms with Gasteiger partial charge >= 0.3 is 6.03 Å². The van der Waals surface area contributed by atoms with Gasteiger partial charge < -0.3 is 14.8 Å². The zero-order chi connectivity index (χ0) is 18.1. The zero-order valence-electron chi connectivity index (χ0n) is 14.5. The van der Waals surface area contributed by atoms with Crippen molar-refractivity contribution in [3.63, 3.8) is 0 Å². The van der Waals surface area contributed by atoms with E-state index >= 15 is 0 Å². The van der Waals surface area contributed by atoms with Gasteiger partial charge in [-0.3, -0.25) is 9.69 Å². The van der Waals surface area contributed by atoms with Crippen molar-refractivity contribution in [2.45, 2.75) is 25.4 Å². The summed E-state index contributed by atoms with van der Waals surface area (Å²) in [5.74, 6) is 0.985. The average molecular weight is 352 g/mol. The van der Waals surface area contributed by atoms with Crippen LogP contribution in [-0.2, 0) is 16.9 Å². The molecular weight excluding hydrogens is 332 g/mol. The van der Waals surface area contributed by atoms with Crippen LogP contribution in [0.15, 0.2) is 48.5 Å². The molecule has 0 aliphatic carbocycles. The van der Waals surface area contributed by atoms with Crippen molar-refractivity contribution in [2.75, 3.05) is 13.2 Å². The van der Waals surface area contributed by atoms with Crippen molar-refractivity contribution in [1.29, 1.82) is 0 Å². The van der Waals surface area contributed by atoms with Crippen molar-refractivity contribution >= 4 is 11.9 Å². The number of imide groups is 1. The molecule has 0 unspecified atom stereocenters. The molecule has 2 aliphatic rings. The van der Waals surface area contributed by atoms with Crippen LogP contribution in [0.25, 0.3) is 0 Å². The number of urea groups is 1. The molecule has 1 atom stereocenters. The standard InChI is InChI=1S/C20H20N2O4/c1-20(15-8-9-16-17(12-15)26-11-5-10-25-16)18(23)22(19(24)21-20)13-14-6-3-2-4-7-14/h2-4,6-9,12H,5,10-11,13H2,1H3,(H,21,24)/t20-/m0/s1. The van der Waals surface area contributed by atoms with Crippen LogP contribution in [0.3, 0.4) is 0 Å². The second-order valence-electron chi connectivity index (χ2n) is 6.64. The van der Waals surface area contributed by atoms with Crippen molar-refractivity contribution in [3.05, 3.63) is 59.7 Å². The molecule has 2 heterocycles. The van der Waals surface area contributed by atoms with Gasteiger partial charge in [-0.1, -0.05) is 36.4 Å². The molecule has 2 aromatic carbocycles. The molecule has 3 amide bonds. The second-order valence-corrected chi connectivity index (χ2v) is 6.64. The van der Waals surface area contributed by atoms with Crippen LogP contribution in [0.1, 0.15) is 24.5 Å². The van der Waals surface area contributed by atoms with Crippen molar-refractivity contribution in [1.82, 2.24) is 10.2 Å². The van der Waals surface area contributed by atoms with Gasteiger partial charge in [0.1, 0.15) is 5.54 Å². The van der Waals surface area contributed by atoms with Crippen molar-refractivity contribution < 1.29 is 19.1 Å². The maximum absolute atomic E-state index is 13.0. The fourth-order valence-electron chi connectivity index (χ4n) is 3.28. The predicted octanol–water partition coefficient (Wildman–Crippen LogP) is 2.82. The van der Waals surface area contributed by atoms with E-state index in [0.29, 0.717) is 30.3 Å². The summed E-state index contributed by atoms with van der Waals surface area (Å²) in [6.45, 7) is 3.13. The highest BCUT2D eigenvalue weighted by Gasteiger charge is 2.49. The van der Waals surface area contributed by atoms with E-state index in [1.54, 1.807) is 25.1 Å². The average Bonchev–Trinajstić information content (AvgIpc) is 2.83. The summed E-state index contributed by atoms with van der Waals surface area (Å²) in [6.07, 6.45) is 0.807. The van der Waals surface area contributed by atoms with Crippen LogP contribution in [0.5, 0.6) is 11.5 Å². The van der Waals surface area contributed by atoms with Gasteiger partial charge in [0.2, 0.25) is 0 Å². The molecule has 26 heavy (non-hydrogen) atoms. The topological polar surface area (TPSA) is 67.9 Å². The van der Waals surface area contributed by atoms with Crippen LogP contribution < -0.4 is 14.8 Å². The number of hydrogen-bond acceptors (Lipinski definition) is 4. The Hall–Kier alpha value is -3.02. The monoisotopic (exact) mass is 352 g/mol. The van der Waals surface area contributed by atoms with E-state index in [4.69, 9.17) is 9.47 Å². The first kappa shape index (κ1) is 16.4. The fraction of sp³-hybridized carbons (Fsp3) is 0.300. The van der Waals surface area contributed by atoms with Crippen LogP contribution in [0, 0.1) is 0 Å². The first-order valence-electron chi connectivity index (χ1n) is 8.66. The summed E-state index contributed by atoms with van der Waals surface area (Å²) in [5.41, 5.74) is 0.450. The molecule has 134 valence electrons. The Morgan fingerprint density at radius 1 is 1.04 bits per heavy atom. The lowest BCUT2D eigenvalue weighted by molar-refractivity contribution is -0.131. The van der Waals surface area contributed by atoms with Crippen molar-refractivity contribution in [3.8, 4) is 11.5 Å². The number of hydrogen-bond donors (Lipinski definition) is 1. The van der Waals surface area contributed by atoms with E-state index in [-0.39, 0.29) is 12.5 Å². The quantitative estimate of drug-likeness (QED) is 0.863. The number of carbonyl (C=O) groups excluding carboxylic acids is 2. The summed E-state index contributed by atoms with van der Waals surface area (Å²) in [4.78, 5) is 26.8. The van der Waals surface area contributed by atoms with E-state index in [0.717, 1.165) is 12.0 Å². The van der Waals surface area contributed by atoms with Gasteiger partial charge in [-0.2, -0.15) is 0 Å². The minimum atomic E-state index is -1.13. The summed E-state index contributed by atoms with van der Waals surface area (Å²) < 4.78 is 11.4. The molecule has 1 saturated heterocycles. The lowest BCUT2D eigenvalue weighted by atomic mass is 9.91. The molecule has 2 aromatic rings. The summed E-state index contributed by atoms with van der Waals surface area (Å²) in [6, 6.07) is 14.4. The molecule has 4 rings (SSSR count). The molecule has 0 radical (unpaired) electrons. The van der Waals surface area contributed by atoms with E-state index in [1.807, 2.05) is 30.3 Å². The molecule has 0 bridgehead atoms. The lowest BCUT2D eigenvalue weighted by Crippen LogP contribution is -2.40. The number of carbonyl (C=O) groups is 2. The third-order valence-electron chi connectivity index (χ3n) is 4.78. The van der Waals surface area contributed by atoms with E-state index in [1.165, 1.54) is 4.90 Å². The minimum Gasteiger partial charge on any atom is -0.490 e. The molecule has 0 spiro atoms. The van der Waals surface area contributed by atoms with Gasteiger partial charge in [0.25, 0.3) is 5.91 Å². The Morgan fingerprint density at radius 3 is 2.54 bits per heavy atom. The molecule has 6 nitrogen and oxygen atoms in total. The predicted molar refractivity (Wildman–Crippen MR) is 94.9 cm³/mol. The highest BCUT2D eigenvalue weighted by molar-refractivity contribution is 6.07. The normalized spacial score (nSPS) is 22.1. The van der Waals surface area contributed by atoms with Gasteiger partial charge in [-0.05, 0) is 30.2 Å². The maximum Gasteiger partial charge on any atom is 0.325 e. The second kappa shape index (κ2) is 6.37. The zero-order valence-corrected chi connectivity index (χ0v) is 14.5. The molecular formula is C20H20N2O4. The largest absolute Gasteiger partial charge is 0.490 e. The van der Waals surface area contributed by atoms with Crippen LogP contribution in [0.2, 0.25) is 0 Å². The summed E-state index contributed by atoms with van der Waals surface area (Å²) >= 11 is 0. The SMILES string of the molecule is C[C@@]1(c2ccc3c(c2)OCCCO3)NC(=O)N(Cc2ccccc2)C1=O. The van der Waals surface area contributed by atoms with Crippen LogP contribution in [0.4, 0.5) is 4.79 Å².